The Balaban J connectivity index is 1.59. The summed E-state index contributed by atoms with van der Waals surface area (Å²) in [5, 5.41) is 0. The van der Waals surface area contributed by atoms with E-state index in [0.717, 1.165) is 49.8 Å². The second-order valence-electron chi connectivity index (χ2n) is 9.24. The predicted molar refractivity (Wildman–Crippen MR) is 147 cm³/mol. The lowest BCUT2D eigenvalue weighted by molar-refractivity contribution is 0.0961. The van der Waals surface area contributed by atoms with Crippen LogP contribution in [-0.4, -0.2) is 55.4 Å². The fourth-order valence-electron chi connectivity index (χ4n) is 4.49. The van der Waals surface area contributed by atoms with Gasteiger partial charge in [0.2, 0.25) is 0 Å². The lowest BCUT2D eigenvalue weighted by Crippen LogP contribution is -2.41. The minimum atomic E-state index is -0.0455. The topological polar surface area (TPSA) is 84.2 Å². The van der Waals surface area contributed by atoms with Gasteiger partial charge in [0.15, 0.2) is 0 Å². The highest BCUT2D eigenvalue weighted by Crippen LogP contribution is 2.21. The van der Waals surface area contributed by atoms with Crippen LogP contribution in [0.2, 0.25) is 0 Å². The number of anilines is 1. The summed E-state index contributed by atoms with van der Waals surface area (Å²) in [5.41, 5.74) is 2.76. The molecule has 8 nitrogen and oxygen atoms in total. The molecule has 4 rings (SSSR count). The molecule has 0 atom stereocenters. The molecule has 0 fully saturated rings. The lowest BCUT2D eigenvalue weighted by Gasteiger charge is -2.30. The van der Waals surface area contributed by atoms with Crippen LogP contribution in [0.15, 0.2) is 79.4 Å². The summed E-state index contributed by atoms with van der Waals surface area (Å²) in [7, 11) is 0. The average molecular weight is 500 g/mol. The van der Waals surface area contributed by atoms with Crippen molar-refractivity contribution in [2.75, 3.05) is 24.7 Å². The molecule has 37 heavy (non-hydrogen) atoms. The third-order valence-corrected chi connectivity index (χ3v) is 6.20. The van der Waals surface area contributed by atoms with Crippen molar-refractivity contribution in [1.29, 1.82) is 0 Å². The Morgan fingerprint density at radius 3 is 1.86 bits per heavy atom. The molecule has 0 spiro atoms. The van der Waals surface area contributed by atoms with E-state index in [1.807, 2.05) is 47.6 Å². The molecule has 194 valence electrons. The average Bonchev–Trinajstić information content (AvgIpc) is 3.63. The van der Waals surface area contributed by atoms with E-state index in [1.54, 1.807) is 12.4 Å². The molecule has 2 aromatic carbocycles. The van der Waals surface area contributed by atoms with Gasteiger partial charge in [-0.1, -0.05) is 44.2 Å². The van der Waals surface area contributed by atoms with Crippen molar-refractivity contribution in [1.82, 2.24) is 29.7 Å². The summed E-state index contributed by atoms with van der Waals surface area (Å²) in [5.74, 6) is 1.62. The van der Waals surface area contributed by atoms with Crippen molar-refractivity contribution in [2.45, 2.75) is 46.3 Å². The lowest BCUT2D eigenvalue weighted by atomic mass is 10.1. The van der Waals surface area contributed by atoms with Gasteiger partial charge >= 0.3 is 0 Å². The van der Waals surface area contributed by atoms with Crippen LogP contribution in [0.4, 0.5) is 5.69 Å². The van der Waals surface area contributed by atoms with Crippen LogP contribution in [0.1, 0.15) is 54.3 Å². The Morgan fingerprint density at radius 2 is 1.35 bits per heavy atom. The third kappa shape index (κ3) is 7.62. The number of amides is 1. The number of nitrogens with zero attached hydrogens (tertiary/aromatic N) is 5. The van der Waals surface area contributed by atoms with Crippen LogP contribution in [0.3, 0.4) is 0 Å². The summed E-state index contributed by atoms with van der Waals surface area (Å²) in [6, 6.07) is 17.8. The molecule has 1 amide bonds. The monoisotopic (exact) mass is 499 g/mol. The van der Waals surface area contributed by atoms with Gasteiger partial charge in [-0.05, 0) is 55.8 Å². The Morgan fingerprint density at radius 1 is 0.757 bits per heavy atom. The first kappa shape index (κ1) is 26.3. The number of aromatic amines is 2. The van der Waals surface area contributed by atoms with Crippen LogP contribution < -0.4 is 4.90 Å². The highest BCUT2D eigenvalue weighted by molar-refractivity contribution is 6.06. The molecule has 2 heterocycles. The molecule has 0 radical (unpaired) electrons. The van der Waals surface area contributed by atoms with Crippen molar-refractivity contribution in [2.24, 2.45) is 0 Å². The fourth-order valence-corrected chi connectivity index (χ4v) is 4.49. The first-order valence-electron chi connectivity index (χ1n) is 13.0. The molecule has 0 aliphatic heterocycles. The van der Waals surface area contributed by atoms with Gasteiger partial charge in [-0.3, -0.25) is 19.5 Å². The number of benzene rings is 2. The zero-order valence-corrected chi connectivity index (χ0v) is 21.8. The number of hydrogen-bond donors (Lipinski definition) is 2. The second-order valence-corrected chi connectivity index (χ2v) is 9.24. The van der Waals surface area contributed by atoms with Crippen molar-refractivity contribution >= 4 is 11.6 Å². The number of aromatic nitrogens is 4. The summed E-state index contributed by atoms with van der Waals surface area (Å²) in [6.45, 7) is 9.00. The third-order valence-electron chi connectivity index (χ3n) is 6.20. The summed E-state index contributed by atoms with van der Waals surface area (Å²) in [4.78, 5) is 35.4. The highest BCUT2D eigenvalue weighted by atomic mass is 16.2. The smallest absolute Gasteiger partial charge is 0.259 e. The summed E-state index contributed by atoms with van der Waals surface area (Å²) in [6.07, 6.45) is 9.38. The van der Waals surface area contributed by atoms with Crippen molar-refractivity contribution in [3.8, 4) is 0 Å². The number of carbonyl (C=O) groups excluding carboxylic acids is 1. The minimum Gasteiger partial charge on any atom is -0.348 e. The normalized spacial score (nSPS) is 11.4. The first-order valence-corrected chi connectivity index (χ1v) is 13.0. The molecule has 2 N–H and O–H groups in total. The van der Waals surface area contributed by atoms with E-state index in [1.165, 1.54) is 5.56 Å². The molecule has 0 aliphatic carbocycles. The number of H-pyrrole nitrogens is 2. The van der Waals surface area contributed by atoms with E-state index in [9.17, 15) is 4.79 Å². The molecule has 0 unspecified atom stereocenters. The Kier molecular flexibility index (Phi) is 9.62. The SMILES string of the molecule is CCCN(CCC)Cc1ccc(N(CN(Cc2ncc[nH]2)Cc2ncc[nH]2)C(=O)c2ccccc2)cc1. The molecular weight excluding hydrogens is 462 g/mol. The number of imidazole rings is 2. The van der Waals surface area contributed by atoms with Gasteiger partial charge in [-0.15, -0.1) is 0 Å². The Bertz CT molecular complexity index is 1130. The summed E-state index contributed by atoms with van der Waals surface area (Å²) < 4.78 is 0. The number of nitrogens with one attached hydrogen (secondary N) is 2. The van der Waals surface area contributed by atoms with Gasteiger partial charge in [-0.25, -0.2) is 9.97 Å². The highest BCUT2D eigenvalue weighted by Gasteiger charge is 2.22. The predicted octanol–water partition coefficient (Wildman–Crippen LogP) is 5.06. The number of hydrogen-bond acceptors (Lipinski definition) is 5. The maximum absolute atomic E-state index is 13.8. The van der Waals surface area contributed by atoms with Crippen LogP contribution >= 0.6 is 0 Å². The van der Waals surface area contributed by atoms with Crippen LogP contribution in [0.5, 0.6) is 0 Å². The van der Waals surface area contributed by atoms with Gasteiger partial charge in [0, 0.05) is 42.6 Å². The van der Waals surface area contributed by atoms with E-state index < -0.39 is 0 Å². The number of rotatable bonds is 14. The van der Waals surface area contributed by atoms with Crippen LogP contribution in [-0.2, 0) is 19.6 Å². The minimum absolute atomic E-state index is 0.0455. The van der Waals surface area contributed by atoms with E-state index in [0.29, 0.717) is 25.3 Å². The molecule has 2 aromatic heterocycles. The maximum Gasteiger partial charge on any atom is 0.259 e. The van der Waals surface area contributed by atoms with E-state index in [-0.39, 0.29) is 5.91 Å². The number of carbonyl (C=O) groups is 1. The summed E-state index contributed by atoms with van der Waals surface area (Å²) >= 11 is 0. The molecule has 0 aliphatic rings. The van der Waals surface area contributed by atoms with Crippen molar-refractivity contribution in [3.05, 3.63) is 102 Å². The molecule has 4 aromatic rings. The van der Waals surface area contributed by atoms with Crippen molar-refractivity contribution in [3.63, 3.8) is 0 Å². The Labute approximate surface area is 219 Å². The molecule has 0 saturated carbocycles. The molecule has 8 heteroatoms. The van der Waals surface area contributed by atoms with Gasteiger partial charge in [-0.2, -0.15) is 0 Å². The van der Waals surface area contributed by atoms with Crippen molar-refractivity contribution < 1.29 is 4.79 Å². The van der Waals surface area contributed by atoms with Gasteiger partial charge in [0.25, 0.3) is 5.91 Å². The van der Waals surface area contributed by atoms with Gasteiger partial charge < -0.3 is 9.97 Å². The van der Waals surface area contributed by atoms with Crippen LogP contribution in [0.25, 0.3) is 0 Å². The first-order chi connectivity index (χ1) is 18.2. The van der Waals surface area contributed by atoms with Gasteiger partial charge in [0.05, 0.1) is 19.8 Å². The van der Waals surface area contributed by atoms with E-state index in [2.05, 4.69) is 67.8 Å². The standard InChI is InChI=1S/C29H37N7O/c1-3-18-34(19-4-2)20-24-10-12-26(13-11-24)36(29(37)25-8-6-5-7-9-25)23-35(21-27-30-14-15-31-27)22-28-32-16-17-33-28/h5-17H,3-4,18-23H2,1-2H3,(H,30,31)(H,32,33). The molecule has 0 bridgehead atoms. The zero-order valence-electron chi connectivity index (χ0n) is 21.8. The second kappa shape index (κ2) is 13.5. The Hall–Kier alpha value is -3.75. The largest absolute Gasteiger partial charge is 0.348 e. The molecule has 0 saturated heterocycles. The van der Waals surface area contributed by atoms with E-state index >= 15 is 0 Å². The molecular formula is C29H37N7O. The van der Waals surface area contributed by atoms with Crippen LogP contribution in [0, 0.1) is 0 Å². The maximum atomic E-state index is 13.8. The van der Waals surface area contributed by atoms with E-state index in [4.69, 9.17) is 0 Å². The quantitative estimate of drug-likeness (QED) is 0.237. The fraction of sp³-hybridized carbons (Fsp3) is 0.345. The zero-order chi connectivity index (χ0) is 25.9. The van der Waals surface area contributed by atoms with Gasteiger partial charge in [0.1, 0.15) is 11.6 Å².